The fraction of sp³-hybridized carbons (Fsp3) is 0.556. The number of nitrogens with two attached hydrogens (primary N) is 1. The van der Waals surface area contributed by atoms with Gasteiger partial charge in [-0.25, -0.2) is 0 Å². The molecule has 1 saturated heterocycles. The zero-order valence-corrected chi connectivity index (χ0v) is 15.9. The minimum Gasteiger partial charge on any atom is -0.494 e. The molecule has 6 nitrogen and oxygen atoms in total. The van der Waals surface area contributed by atoms with Crippen LogP contribution in [0.25, 0.3) is 11.4 Å². The molecule has 1 aliphatic rings. The Labute approximate surface area is 155 Å². The molecule has 0 radical (unpaired) electrons. The van der Waals surface area contributed by atoms with E-state index in [4.69, 9.17) is 15.0 Å². The Kier molecular flexibility index (Phi) is 6.43. The second-order valence-electron chi connectivity index (χ2n) is 7.06. The van der Waals surface area contributed by atoms with Crippen LogP contribution in [-0.2, 0) is 6.54 Å². The molecule has 2 heterocycles. The molecule has 1 aromatic heterocycles. The standard InChI is InChI=1S/C18H26N4O2.ClH/c1-4-23-14-7-5-13(6-8-14)17-20-16(24-21-17)11-22-10-9-15(19)18(2,3)12-22;/h5-8,15H,4,9-12,19H2,1-3H3;1H. The summed E-state index contributed by atoms with van der Waals surface area (Å²) in [7, 11) is 0. The summed E-state index contributed by atoms with van der Waals surface area (Å²) in [6.45, 7) is 9.61. The van der Waals surface area contributed by atoms with E-state index in [1.165, 1.54) is 0 Å². The minimum atomic E-state index is 0. The topological polar surface area (TPSA) is 77.4 Å². The van der Waals surface area contributed by atoms with E-state index in [1.807, 2.05) is 31.2 Å². The first kappa shape index (κ1) is 19.7. The lowest BCUT2D eigenvalue weighted by Gasteiger charge is -2.42. The van der Waals surface area contributed by atoms with Gasteiger partial charge in [0.1, 0.15) is 5.75 Å². The monoisotopic (exact) mass is 366 g/mol. The fourth-order valence-electron chi connectivity index (χ4n) is 3.11. The quantitative estimate of drug-likeness (QED) is 0.876. The predicted molar refractivity (Wildman–Crippen MR) is 99.8 cm³/mol. The van der Waals surface area contributed by atoms with Crippen molar-refractivity contribution in [3.63, 3.8) is 0 Å². The molecule has 25 heavy (non-hydrogen) atoms. The van der Waals surface area contributed by atoms with Gasteiger partial charge >= 0.3 is 0 Å². The lowest BCUT2D eigenvalue weighted by atomic mass is 9.80. The molecule has 1 fully saturated rings. The zero-order chi connectivity index (χ0) is 17.2. The van der Waals surface area contributed by atoms with Crippen LogP contribution in [0, 0.1) is 5.41 Å². The lowest BCUT2D eigenvalue weighted by molar-refractivity contribution is 0.0811. The first-order valence-corrected chi connectivity index (χ1v) is 8.51. The van der Waals surface area contributed by atoms with Crippen LogP contribution in [0.1, 0.15) is 33.1 Å². The van der Waals surface area contributed by atoms with Crippen molar-refractivity contribution in [3.05, 3.63) is 30.2 Å². The van der Waals surface area contributed by atoms with E-state index in [9.17, 15) is 0 Å². The summed E-state index contributed by atoms with van der Waals surface area (Å²) in [5, 5.41) is 4.10. The average molecular weight is 367 g/mol. The molecule has 3 rings (SSSR count). The number of likely N-dealkylation sites (tertiary alicyclic amines) is 1. The highest BCUT2D eigenvalue weighted by Crippen LogP contribution is 2.28. The maximum Gasteiger partial charge on any atom is 0.241 e. The lowest BCUT2D eigenvalue weighted by Crippen LogP contribution is -2.52. The second-order valence-corrected chi connectivity index (χ2v) is 7.06. The van der Waals surface area contributed by atoms with E-state index in [2.05, 4.69) is 28.9 Å². The van der Waals surface area contributed by atoms with Crippen molar-refractivity contribution in [2.24, 2.45) is 11.1 Å². The van der Waals surface area contributed by atoms with Gasteiger partial charge in [-0.15, -0.1) is 12.4 Å². The number of hydrogen-bond donors (Lipinski definition) is 1. The number of halogens is 1. The molecule has 0 bridgehead atoms. The van der Waals surface area contributed by atoms with Gasteiger partial charge in [-0.2, -0.15) is 4.98 Å². The van der Waals surface area contributed by atoms with Crippen molar-refractivity contribution in [3.8, 4) is 17.1 Å². The average Bonchev–Trinajstić information content (AvgIpc) is 3.00. The molecular weight excluding hydrogens is 340 g/mol. The molecule has 2 N–H and O–H groups in total. The van der Waals surface area contributed by atoms with Crippen LogP contribution in [-0.4, -0.2) is 40.8 Å². The summed E-state index contributed by atoms with van der Waals surface area (Å²) < 4.78 is 10.9. The van der Waals surface area contributed by atoms with Crippen molar-refractivity contribution in [2.75, 3.05) is 19.7 Å². The summed E-state index contributed by atoms with van der Waals surface area (Å²) in [6, 6.07) is 7.98. The highest BCUT2D eigenvalue weighted by Gasteiger charge is 2.33. The number of benzene rings is 1. The van der Waals surface area contributed by atoms with Gasteiger partial charge in [-0.3, -0.25) is 4.90 Å². The third kappa shape index (κ3) is 4.71. The van der Waals surface area contributed by atoms with Crippen molar-refractivity contribution < 1.29 is 9.26 Å². The summed E-state index contributed by atoms with van der Waals surface area (Å²) in [6.07, 6.45) is 0.993. The van der Waals surface area contributed by atoms with Crippen LogP contribution in [0.5, 0.6) is 5.75 Å². The van der Waals surface area contributed by atoms with Gasteiger partial charge in [0.25, 0.3) is 0 Å². The Hall–Kier alpha value is -1.63. The van der Waals surface area contributed by atoms with Crippen LogP contribution in [0.3, 0.4) is 0 Å². The Morgan fingerprint density at radius 1 is 1.32 bits per heavy atom. The maximum absolute atomic E-state index is 6.19. The number of rotatable bonds is 5. The van der Waals surface area contributed by atoms with Crippen molar-refractivity contribution in [1.29, 1.82) is 0 Å². The third-order valence-corrected chi connectivity index (χ3v) is 4.64. The van der Waals surface area contributed by atoms with Crippen molar-refractivity contribution in [1.82, 2.24) is 15.0 Å². The molecule has 2 aromatic rings. The molecule has 1 aromatic carbocycles. The largest absolute Gasteiger partial charge is 0.494 e. The molecule has 1 unspecified atom stereocenters. The van der Waals surface area contributed by atoms with Crippen LogP contribution >= 0.6 is 12.4 Å². The fourth-order valence-corrected chi connectivity index (χ4v) is 3.11. The number of aromatic nitrogens is 2. The van der Waals surface area contributed by atoms with Crippen LogP contribution in [0.2, 0.25) is 0 Å². The van der Waals surface area contributed by atoms with Crippen LogP contribution in [0.15, 0.2) is 28.8 Å². The van der Waals surface area contributed by atoms with E-state index in [1.54, 1.807) is 0 Å². The van der Waals surface area contributed by atoms with E-state index in [0.717, 1.165) is 30.8 Å². The summed E-state index contributed by atoms with van der Waals surface area (Å²) in [4.78, 5) is 6.86. The first-order valence-electron chi connectivity index (χ1n) is 8.51. The number of hydrogen-bond acceptors (Lipinski definition) is 6. The van der Waals surface area contributed by atoms with Crippen molar-refractivity contribution in [2.45, 2.75) is 39.8 Å². The smallest absolute Gasteiger partial charge is 0.241 e. The third-order valence-electron chi connectivity index (χ3n) is 4.64. The van der Waals surface area contributed by atoms with E-state index < -0.39 is 0 Å². The number of ether oxygens (including phenoxy) is 1. The van der Waals surface area contributed by atoms with Gasteiger partial charge < -0.3 is 15.0 Å². The Bertz CT molecular complexity index is 672. The van der Waals surface area contributed by atoms with Crippen LogP contribution in [0.4, 0.5) is 0 Å². The highest BCUT2D eigenvalue weighted by molar-refractivity contribution is 5.85. The molecule has 0 amide bonds. The maximum atomic E-state index is 6.19. The predicted octanol–water partition coefficient (Wildman–Crippen LogP) is 3.12. The van der Waals surface area contributed by atoms with Crippen LogP contribution < -0.4 is 10.5 Å². The Morgan fingerprint density at radius 3 is 2.68 bits per heavy atom. The first-order chi connectivity index (χ1) is 11.5. The van der Waals surface area contributed by atoms with Gasteiger partial charge in [0.15, 0.2) is 0 Å². The molecule has 0 aliphatic carbocycles. The van der Waals surface area contributed by atoms with Gasteiger partial charge in [-0.05, 0) is 43.0 Å². The van der Waals surface area contributed by atoms with Crippen molar-refractivity contribution >= 4 is 12.4 Å². The molecule has 0 saturated carbocycles. The summed E-state index contributed by atoms with van der Waals surface area (Å²) in [5.74, 6) is 2.10. The molecule has 7 heteroatoms. The zero-order valence-electron chi connectivity index (χ0n) is 15.1. The van der Waals surface area contributed by atoms with Gasteiger partial charge in [-0.1, -0.05) is 19.0 Å². The van der Waals surface area contributed by atoms with E-state index >= 15 is 0 Å². The van der Waals surface area contributed by atoms with Gasteiger partial charge in [0, 0.05) is 24.7 Å². The second kappa shape index (κ2) is 8.17. The SMILES string of the molecule is CCOc1ccc(-c2noc(CN3CCC(N)C(C)(C)C3)n2)cc1.Cl. The summed E-state index contributed by atoms with van der Waals surface area (Å²) in [5.41, 5.74) is 7.23. The molecular formula is C18H27ClN4O2. The van der Waals surface area contributed by atoms with E-state index in [0.29, 0.717) is 24.9 Å². The molecule has 138 valence electrons. The molecule has 1 atom stereocenters. The Balaban J connectivity index is 0.00000225. The number of piperidine rings is 1. The van der Waals surface area contributed by atoms with E-state index in [-0.39, 0.29) is 23.9 Å². The van der Waals surface area contributed by atoms with Gasteiger partial charge in [0.05, 0.1) is 13.2 Å². The Morgan fingerprint density at radius 2 is 2.04 bits per heavy atom. The molecule has 0 spiro atoms. The number of nitrogens with zero attached hydrogens (tertiary/aromatic N) is 3. The minimum absolute atomic E-state index is 0. The summed E-state index contributed by atoms with van der Waals surface area (Å²) >= 11 is 0. The molecule has 1 aliphatic heterocycles. The highest BCUT2D eigenvalue weighted by atomic mass is 35.5. The van der Waals surface area contributed by atoms with Gasteiger partial charge in [0.2, 0.25) is 11.7 Å². The normalized spacial score (nSPS) is 20.1.